The Morgan fingerprint density at radius 3 is 2.71 bits per heavy atom. The summed E-state index contributed by atoms with van der Waals surface area (Å²) in [5, 5.41) is 3.35. The summed E-state index contributed by atoms with van der Waals surface area (Å²) in [6, 6.07) is 12.6. The van der Waals surface area contributed by atoms with E-state index in [1.54, 1.807) is 25.3 Å². The molecule has 5 heteroatoms. The summed E-state index contributed by atoms with van der Waals surface area (Å²) in [4.78, 5) is 12.3. The Labute approximate surface area is 137 Å². The predicted octanol–water partition coefficient (Wildman–Crippen LogP) is 4.60. The third-order valence-electron chi connectivity index (χ3n) is 3.13. The van der Waals surface area contributed by atoms with Crippen LogP contribution in [0, 0.1) is 0 Å². The molecule has 0 unspecified atom stereocenters. The van der Waals surface area contributed by atoms with Crippen molar-refractivity contribution in [2.45, 2.75) is 13.0 Å². The van der Waals surface area contributed by atoms with Crippen LogP contribution >= 0.6 is 27.5 Å². The van der Waals surface area contributed by atoms with E-state index in [-0.39, 0.29) is 11.9 Å². The lowest BCUT2D eigenvalue weighted by Gasteiger charge is -2.17. The summed E-state index contributed by atoms with van der Waals surface area (Å²) in [6.45, 7) is 1.90. The van der Waals surface area contributed by atoms with Gasteiger partial charge in [0.15, 0.2) is 0 Å². The van der Waals surface area contributed by atoms with E-state index >= 15 is 0 Å². The average molecular weight is 369 g/mol. The maximum atomic E-state index is 12.3. The van der Waals surface area contributed by atoms with E-state index in [2.05, 4.69) is 21.2 Å². The van der Waals surface area contributed by atoms with Crippen LogP contribution < -0.4 is 10.1 Å². The molecule has 2 rings (SSSR count). The molecule has 0 aliphatic heterocycles. The van der Waals surface area contributed by atoms with Crippen LogP contribution in [0.15, 0.2) is 46.9 Å². The lowest BCUT2D eigenvalue weighted by Crippen LogP contribution is -2.27. The molecule has 1 amide bonds. The maximum Gasteiger partial charge on any atom is 0.253 e. The largest absolute Gasteiger partial charge is 0.496 e. The van der Waals surface area contributed by atoms with Gasteiger partial charge < -0.3 is 10.1 Å². The number of methoxy groups -OCH3 is 1. The molecule has 2 aromatic rings. The van der Waals surface area contributed by atoms with Crippen molar-refractivity contribution in [2.24, 2.45) is 0 Å². The topological polar surface area (TPSA) is 38.3 Å². The number of amides is 1. The molecule has 21 heavy (non-hydrogen) atoms. The smallest absolute Gasteiger partial charge is 0.253 e. The number of nitrogens with one attached hydrogen (secondary N) is 1. The van der Waals surface area contributed by atoms with Gasteiger partial charge in [-0.2, -0.15) is 0 Å². The van der Waals surface area contributed by atoms with Gasteiger partial charge in [-0.05, 0) is 31.2 Å². The molecular weight excluding hydrogens is 354 g/mol. The van der Waals surface area contributed by atoms with Gasteiger partial charge >= 0.3 is 0 Å². The predicted molar refractivity (Wildman–Crippen MR) is 88.0 cm³/mol. The highest BCUT2D eigenvalue weighted by molar-refractivity contribution is 9.10. The second kappa shape index (κ2) is 6.96. The highest BCUT2D eigenvalue weighted by Crippen LogP contribution is 2.26. The fourth-order valence-electron chi connectivity index (χ4n) is 2.05. The summed E-state index contributed by atoms with van der Waals surface area (Å²) in [5.74, 6) is 0.519. The van der Waals surface area contributed by atoms with Crippen LogP contribution in [-0.4, -0.2) is 13.0 Å². The summed E-state index contributed by atoms with van der Waals surface area (Å²) < 4.78 is 6.12. The molecule has 0 radical (unpaired) electrons. The summed E-state index contributed by atoms with van der Waals surface area (Å²) in [5.41, 5.74) is 1.35. The van der Waals surface area contributed by atoms with Crippen LogP contribution in [0.25, 0.3) is 0 Å². The second-order valence-electron chi connectivity index (χ2n) is 4.56. The van der Waals surface area contributed by atoms with Crippen molar-refractivity contribution in [2.75, 3.05) is 7.11 Å². The molecule has 0 aliphatic rings. The molecule has 0 aromatic heterocycles. The van der Waals surface area contributed by atoms with E-state index in [1.165, 1.54) is 0 Å². The molecule has 0 heterocycles. The van der Waals surface area contributed by atoms with Crippen molar-refractivity contribution in [3.05, 3.63) is 63.1 Å². The fraction of sp³-hybridized carbons (Fsp3) is 0.188. The van der Waals surface area contributed by atoms with Crippen LogP contribution in [-0.2, 0) is 0 Å². The Bertz CT molecular complexity index is 660. The summed E-state index contributed by atoms with van der Waals surface area (Å²) in [7, 11) is 1.61. The third kappa shape index (κ3) is 3.77. The number of para-hydroxylation sites is 1. The minimum Gasteiger partial charge on any atom is -0.496 e. The molecule has 0 spiro atoms. The van der Waals surface area contributed by atoms with Crippen molar-refractivity contribution in [3.63, 3.8) is 0 Å². The number of carbonyl (C=O) groups is 1. The van der Waals surface area contributed by atoms with Gasteiger partial charge in [0.05, 0.1) is 23.7 Å². The number of hydrogen-bond donors (Lipinski definition) is 1. The zero-order valence-electron chi connectivity index (χ0n) is 11.7. The Kier molecular flexibility index (Phi) is 5.26. The first-order valence-corrected chi connectivity index (χ1v) is 7.59. The van der Waals surface area contributed by atoms with E-state index < -0.39 is 0 Å². The van der Waals surface area contributed by atoms with Crippen LogP contribution in [0.2, 0.25) is 5.02 Å². The SMILES string of the molecule is COc1ccccc1[C@H](C)NC(=O)c1cc(Br)ccc1Cl. The molecule has 0 fully saturated rings. The zero-order valence-corrected chi connectivity index (χ0v) is 14.0. The van der Waals surface area contributed by atoms with E-state index in [0.717, 1.165) is 15.8 Å². The van der Waals surface area contributed by atoms with Gasteiger partial charge in [-0.15, -0.1) is 0 Å². The van der Waals surface area contributed by atoms with E-state index in [0.29, 0.717) is 10.6 Å². The number of carbonyl (C=O) groups excluding carboxylic acids is 1. The number of hydrogen-bond acceptors (Lipinski definition) is 2. The van der Waals surface area contributed by atoms with Gasteiger partial charge in [-0.3, -0.25) is 4.79 Å². The van der Waals surface area contributed by atoms with Crippen molar-refractivity contribution in [1.82, 2.24) is 5.32 Å². The van der Waals surface area contributed by atoms with Gasteiger partial charge in [0.1, 0.15) is 5.75 Å². The monoisotopic (exact) mass is 367 g/mol. The molecule has 1 N–H and O–H groups in total. The van der Waals surface area contributed by atoms with E-state index in [4.69, 9.17) is 16.3 Å². The van der Waals surface area contributed by atoms with Crippen molar-refractivity contribution >= 4 is 33.4 Å². The third-order valence-corrected chi connectivity index (χ3v) is 3.95. The zero-order chi connectivity index (χ0) is 15.4. The lowest BCUT2D eigenvalue weighted by molar-refractivity contribution is 0.0939. The Morgan fingerprint density at radius 1 is 1.29 bits per heavy atom. The molecule has 0 saturated heterocycles. The molecular formula is C16H15BrClNO2. The quantitative estimate of drug-likeness (QED) is 0.856. The molecule has 3 nitrogen and oxygen atoms in total. The van der Waals surface area contributed by atoms with Gasteiger partial charge in [-0.25, -0.2) is 0 Å². The first-order chi connectivity index (χ1) is 10.0. The normalized spacial score (nSPS) is 11.8. The van der Waals surface area contributed by atoms with Crippen molar-refractivity contribution < 1.29 is 9.53 Å². The average Bonchev–Trinajstić information content (AvgIpc) is 2.49. The van der Waals surface area contributed by atoms with E-state index in [1.807, 2.05) is 31.2 Å². The summed E-state index contributed by atoms with van der Waals surface area (Å²) >= 11 is 9.41. The first kappa shape index (κ1) is 15.9. The Hall–Kier alpha value is -1.52. The highest BCUT2D eigenvalue weighted by atomic mass is 79.9. The van der Waals surface area contributed by atoms with Gasteiger partial charge in [0.25, 0.3) is 5.91 Å². The Morgan fingerprint density at radius 2 is 2.00 bits per heavy atom. The second-order valence-corrected chi connectivity index (χ2v) is 5.88. The standard InChI is InChI=1S/C16H15BrClNO2/c1-10(12-5-3-4-6-15(12)21-2)19-16(20)13-9-11(17)7-8-14(13)18/h3-10H,1-2H3,(H,19,20)/t10-/m0/s1. The molecule has 0 aliphatic carbocycles. The van der Waals surface area contributed by atoms with Crippen LogP contribution in [0.3, 0.4) is 0 Å². The molecule has 110 valence electrons. The summed E-state index contributed by atoms with van der Waals surface area (Å²) in [6.07, 6.45) is 0. The number of ether oxygens (including phenoxy) is 1. The first-order valence-electron chi connectivity index (χ1n) is 6.41. The maximum absolute atomic E-state index is 12.3. The van der Waals surface area contributed by atoms with Crippen molar-refractivity contribution in [1.29, 1.82) is 0 Å². The van der Waals surface area contributed by atoms with Crippen LogP contribution in [0.1, 0.15) is 28.9 Å². The van der Waals surface area contributed by atoms with Crippen LogP contribution in [0.4, 0.5) is 0 Å². The van der Waals surface area contributed by atoms with Crippen LogP contribution in [0.5, 0.6) is 5.75 Å². The molecule has 1 atom stereocenters. The number of rotatable bonds is 4. The molecule has 0 bridgehead atoms. The number of benzene rings is 2. The Balaban J connectivity index is 2.21. The minimum absolute atomic E-state index is 0.191. The lowest BCUT2D eigenvalue weighted by atomic mass is 10.1. The fourth-order valence-corrected chi connectivity index (χ4v) is 2.61. The minimum atomic E-state index is -0.222. The van der Waals surface area contributed by atoms with Gasteiger partial charge in [0, 0.05) is 10.0 Å². The highest BCUT2D eigenvalue weighted by Gasteiger charge is 2.16. The van der Waals surface area contributed by atoms with Crippen molar-refractivity contribution in [3.8, 4) is 5.75 Å². The van der Waals surface area contributed by atoms with Gasteiger partial charge in [0.2, 0.25) is 0 Å². The molecule has 0 saturated carbocycles. The molecule has 2 aromatic carbocycles. The van der Waals surface area contributed by atoms with Gasteiger partial charge in [-0.1, -0.05) is 45.7 Å². The number of halogens is 2. The van der Waals surface area contributed by atoms with E-state index in [9.17, 15) is 4.79 Å².